The maximum absolute atomic E-state index is 11.5. The topological polar surface area (TPSA) is 78.4 Å². The molecule has 0 unspecified atom stereocenters. The largest absolute Gasteiger partial charge is 0.481 e. The zero-order valence-electron chi connectivity index (χ0n) is 11.8. The van der Waals surface area contributed by atoms with Crippen LogP contribution in [-0.2, 0) is 11.3 Å². The van der Waals surface area contributed by atoms with Gasteiger partial charge in [0.1, 0.15) is 0 Å². The molecule has 6 heteroatoms. The molecule has 5 nitrogen and oxygen atoms in total. The Kier molecular flexibility index (Phi) is 7.72. The lowest BCUT2D eigenvalue weighted by atomic mass is 10.1. The Bertz CT molecular complexity index is 432. The number of urea groups is 1. The second kappa shape index (κ2) is 9.36. The van der Waals surface area contributed by atoms with Gasteiger partial charge in [0.2, 0.25) is 0 Å². The van der Waals surface area contributed by atoms with Gasteiger partial charge in [-0.3, -0.25) is 4.79 Å². The molecule has 112 valence electrons. The first kappa shape index (κ1) is 16.5. The zero-order valence-corrected chi connectivity index (χ0v) is 12.6. The van der Waals surface area contributed by atoms with Crippen LogP contribution < -0.4 is 10.6 Å². The lowest BCUT2D eigenvalue weighted by Gasteiger charge is -2.07. The van der Waals surface area contributed by atoms with Crippen LogP contribution in [0.2, 0.25) is 0 Å². The number of aryl methyl sites for hydroxylation is 1. The van der Waals surface area contributed by atoms with Crippen molar-refractivity contribution in [3.8, 4) is 0 Å². The van der Waals surface area contributed by atoms with Crippen molar-refractivity contribution < 1.29 is 14.7 Å². The van der Waals surface area contributed by atoms with Gasteiger partial charge in [-0.25, -0.2) is 4.79 Å². The maximum Gasteiger partial charge on any atom is 0.315 e. The first-order valence-corrected chi connectivity index (χ1v) is 7.74. The SMILES string of the molecule is Cc1ccsc1CNC(=O)NCCCCCCC(=O)O. The zero-order chi connectivity index (χ0) is 14.8. The summed E-state index contributed by atoms with van der Waals surface area (Å²) < 4.78 is 0. The van der Waals surface area contributed by atoms with Crippen molar-refractivity contribution in [3.63, 3.8) is 0 Å². The van der Waals surface area contributed by atoms with Crippen LogP contribution in [0.15, 0.2) is 11.4 Å². The van der Waals surface area contributed by atoms with Gasteiger partial charge < -0.3 is 15.7 Å². The summed E-state index contributed by atoms with van der Waals surface area (Å²) >= 11 is 1.64. The predicted octanol–water partition coefficient (Wildman–Crippen LogP) is 2.89. The number of amides is 2. The molecule has 1 rings (SSSR count). The highest BCUT2D eigenvalue weighted by Crippen LogP contribution is 2.14. The summed E-state index contributed by atoms with van der Waals surface area (Å²) in [4.78, 5) is 23.0. The van der Waals surface area contributed by atoms with E-state index >= 15 is 0 Å². The van der Waals surface area contributed by atoms with Crippen LogP contribution in [0.1, 0.15) is 42.5 Å². The van der Waals surface area contributed by atoms with Crippen LogP contribution in [0.4, 0.5) is 4.79 Å². The molecule has 0 atom stereocenters. The van der Waals surface area contributed by atoms with E-state index in [1.807, 2.05) is 18.4 Å². The molecule has 0 bridgehead atoms. The Morgan fingerprint density at radius 1 is 1.20 bits per heavy atom. The quantitative estimate of drug-likeness (QED) is 0.613. The molecule has 0 aliphatic carbocycles. The molecule has 0 saturated carbocycles. The van der Waals surface area contributed by atoms with Gasteiger partial charge in [-0.2, -0.15) is 0 Å². The van der Waals surface area contributed by atoms with E-state index in [1.54, 1.807) is 11.3 Å². The molecule has 0 aliphatic heterocycles. The lowest BCUT2D eigenvalue weighted by molar-refractivity contribution is -0.137. The summed E-state index contributed by atoms with van der Waals surface area (Å²) in [5.41, 5.74) is 1.20. The number of hydrogen-bond donors (Lipinski definition) is 3. The van der Waals surface area contributed by atoms with Gasteiger partial charge >= 0.3 is 12.0 Å². The van der Waals surface area contributed by atoms with Gasteiger partial charge in [0, 0.05) is 17.8 Å². The van der Waals surface area contributed by atoms with E-state index in [-0.39, 0.29) is 12.5 Å². The monoisotopic (exact) mass is 298 g/mol. The Morgan fingerprint density at radius 3 is 2.60 bits per heavy atom. The molecule has 0 fully saturated rings. The van der Waals surface area contributed by atoms with Crippen LogP contribution >= 0.6 is 11.3 Å². The normalized spacial score (nSPS) is 10.2. The number of thiophene rings is 1. The number of nitrogens with one attached hydrogen (secondary N) is 2. The molecule has 3 N–H and O–H groups in total. The van der Waals surface area contributed by atoms with Crippen molar-refractivity contribution in [1.82, 2.24) is 10.6 Å². The second-order valence-corrected chi connectivity index (χ2v) is 5.69. The Balaban J connectivity index is 1.98. The van der Waals surface area contributed by atoms with E-state index in [2.05, 4.69) is 10.6 Å². The second-order valence-electron chi connectivity index (χ2n) is 4.69. The lowest BCUT2D eigenvalue weighted by Crippen LogP contribution is -2.35. The van der Waals surface area contributed by atoms with Crippen LogP contribution in [0, 0.1) is 6.92 Å². The van der Waals surface area contributed by atoms with Crippen molar-refractivity contribution in [2.45, 2.75) is 45.6 Å². The van der Waals surface area contributed by atoms with E-state index in [1.165, 1.54) is 10.4 Å². The van der Waals surface area contributed by atoms with Crippen LogP contribution in [0.25, 0.3) is 0 Å². The molecule has 2 amide bonds. The summed E-state index contributed by atoms with van der Waals surface area (Å²) in [5, 5.41) is 16.1. The minimum absolute atomic E-state index is 0.150. The van der Waals surface area contributed by atoms with Gasteiger partial charge in [0.15, 0.2) is 0 Å². The molecule has 1 heterocycles. The average molecular weight is 298 g/mol. The van der Waals surface area contributed by atoms with Gasteiger partial charge in [-0.05, 0) is 36.8 Å². The highest BCUT2D eigenvalue weighted by Gasteiger charge is 2.03. The van der Waals surface area contributed by atoms with Gasteiger partial charge in [-0.15, -0.1) is 11.3 Å². The molecule has 0 radical (unpaired) electrons. The molecular formula is C14H22N2O3S. The third kappa shape index (κ3) is 7.13. The van der Waals surface area contributed by atoms with E-state index in [0.717, 1.165) is 19.3 Å². The highest BCUT2D eigenvalue weighted by molar-refractivity contribution is 7.10. The predicted molar refractivity (Wildman–Crippen MR) is 80.0 cm³/mol. The summed E-state index contributed by atoms with van der Waals surface area (Å²) in [6, 6.07) is 1.89. The number of aliphatic carboxylic acids is 1. The van der Waals surface area contributed by atoms with Crippen molar-refractivity contribution in [3.05, 3.63) is 21.9 Å². The molecule has 0 aromatic carbocycles. The van der Waals surface area contributed by atoms with Crippen molar-refractivity contribution >= 4 is 23.3 Å². The van der Waals surface area contributed by atoms with Crippen molar-refractivity contribution in [2.75, 3.05) is 6.54 Å². The minimum atomic E-state index is -0.744. The molecule has 1 aromatic heterocycles. The van der Waals surface area contributed by atoms with E-state index in [0.29, 0.717) is 19.5 Å². The molecule has 1 aromatic rings. The number of carboxylic acid groups (broad SMARTS) is 1. The van der Waals surface area contributed by atoms with Gasteiger partial charge in [0.25, 0.3) is 0 Å². The number of unbranched alkanes of at least 4 members (excludes halogenated alkanes) is 3. The average Bonchev–Trinajstić information content (AvgIpc) is 2.80. The minimum Gasteiger partial charge on any atom is -0.481 e. The number of rotatable bonds is 9. The maximum atomic E-state index is 11.5. The summed E-state index contributed by atoms with van der Waals surface area (Å²) in [6.07, 6.45) is 3.65. The Labute approximate surface area is 123 Å². The van der Waals surface area contributed by atoms with Crippen LogP contribution in [0.3, 0.4) is 0 Å². The molecular weight excluding hydrogens is 276 g/mol. The van der Waals surface area contributed by atoms with Gasteiger partial charge in [-0.1, -0.05) is 12.8 Å². The first-order chi connectivity index (χ1) is 9.59. The molecule has 20 heavy (non-hydrogen) atoms. The number of carboxylic acids is 1. The fourth-order valence-electron chi connectivity index (χ4n) is 1.76. The summed E-state index contributed by atoms with van der Waals surface area (Å²) in [5.74, 6) is -0.744. The van der Waals surface area contributed by atoms with E-state index in [4.69, 9.17) is 5.11 Å². The number of carbonyl (C=O) groups excluding carboxylic acids is 1. The first-order valence-electron chi connectivity index (χ1n) is 6.86. The molecule has 0 saturated heterocycles. The van der Waals surface area contributed by atoms with Crippen molar-refractivity contribution in [1.29, 1.82) is 0 Å². The smallest absolute Gasteiger partial charge is 0.315 e. The van der Waals surface area contributed by atoms with Crippen molar-refractivity contribution in [2.24, 2.45) is 0 Å². The molecule has 0 spiro atoms. The Hall–Kier alpha value is -1.56. The summed E-state index contributed by atoms with van der Waals surface area (Å²) in [6.45, 7) is 3.22. The van der Waals surface area contributed by atoms with E-state index in [9.17, 15) is 9.59 Å². The number of carbonyl (C=O) groups is 2. The van der Waals surface area contributed by atoms with E-state index < -0.39 is 5.97 Å². The number of hydrogen-bond acceptors (Lipinski definition) is 3. The van der Waals surface area contributed by atoms with Gasteiger partial charge in [0.05, 0.1) is 6.54 Å². The fraction of sp³-hybridized carbons (Fsp3) is 0.571. The fourth-order valence-corrected chi connectivity index (χ4v) is 2.61. The van der Waals surface area contributed by atoms with Crippen LogP contribution in [0.5, 0.6) is 0 Å². The standard InChI is InChI=1S/C14H22N2O3S/c1-11-7-9-20-12(11)10-16-14(19)15-8-5-3-2-4-6-13(17)18/h7,9H,2-6,8,10H2,1H3,(H,17,18)(H2,15,16,19). The third-order valence-electron chi connectivity index (χ3n) is 2.98. The Morgan fingerprint density at radius 2 is 1.95 bits per heavy atom. The van der Waals surface area contributed by atoms with Crippen LogP contribution in [-0.4, -0.2) is 23.7 Å². The third-order valence-corrected chi connectivity index (χ3v) is 4.00. The summed E-state index contributed by atoms with van der Waals surface area (Å²) in [7, 11) is 0. The molecule has 0 aliphatic rings. The highest BCUT2D eigenvalue weighted by atomic mass is 32.1.